The van der Waals surface area contributed by atoms with E-state index in [2.05, 4.69) is 126 Å². The normalized spacial score (nSPS) is 12.1. The van der Waals surface area contributed by atoms with Crippen LogP contribution in [0.3, 0.4) is 0 Å². The average Bonchev–Trinajstić information content (AvgIpc) is 3.63. The first-order valence-corrected chi connectivity index (χ1v) is 14.8. The molecule has 3 heterocycles. The summed E-state index contributed by atoms with van der Waals surface area (Å²) in [6.45, 7) is 0. The van der Waals surface area contributed by atoms with Gasteiger partial charge in [0.25, 0.3) is 0 Å². The summed E-state index contributed by atoms with van der Waals surface area (Å²) in [6, 6.07) is 49.0. The lowest BCUT2D eigenvalue weighted by Gasteiger charge is -2.10. The number of fused-ring (bicyclic) bond motifs is 11. The highest BCUT2D eigenvalue weighted by Gasteiger charge is 2.23. The van der Waals surface area contributed by atoms with Gasteiger partial charge in [-0.25, -0.2) is 9.97 Å². The summed E-state index contributed by atoms with van der Waals surface area (Å²) in [4.78, 5) is 10.4. The van der Waals surface area contributed by atoms with Gasteiger partial charge < -0.3 is 4.42 Å². The molecule has 0 bridgehead atoms. The van der Waals surface area contributed by atoms with E-state index in [4.69, 9.17) is 14.4 Å². The van der Waals surface area contributed by atoms with Crippen molar-refractivity contribution < 1.29 is 4.42 Å². The lowest BCUT2D eigenvalue weighted by atomic mass is 10.00. The van der Waals surface area contributed by atoms with Gasteiger partial charge >= 0.3 is 0 Å². The van der Waals surface area contributed by atoms with Crippen LogP contribution in [0.25, 0.3) is 93.4 Å². The Hall–Kier alpha value is -6.00. The summed E-state index contributed by atoms with van der Waals surface area (Å²) >= 11 is 0. The third-order valence-corrected chi connectivity index (χ3v) is 8.95. The van der Waals surface area contributed by atoms with Gasteiger partial charge in [-0.15, -0.1) is 0 Å². The Balaban J connectivity index is 1.43. The first-order chi connectivity index (χ1) is 21.8. The van der Waals surface area contributed by atoms with Crippen LogP contribution in [-0.4, -0.2) is 14.5 Å². The summed E-state index contributed by atoms with van der Waals surface area (Å²) in [5.74, 6) is 1.40. The van der Waals surface area contributed by atoms with Crippen molar-refractivity contribution in [3.63, 3.8) is 0 Å². The van der Waals surface area contributed by atoms with Gasteiger partial charge in [0.1, 0.15) is 11.1 Å². The van der Waals surface area contributed by atoms with E-state index in [9.17, 15) is 0 Å². The Morgan fingerprint density at radius 2 is 1.05 bits per heavy atom. The van der Waals surface area contributed by atoms with Gasteiger partial charge in [0.15, 0.2) is 17.2 Å². The molecule has 4 nitrogen and oxygen atoms in total. The SMILES string of the molecule is c1ccc(-c2nc(-n3c4ccc5ccccc5c4c4c5ccccc5ccc43)c3oc4cc5ccccc5cc4c3n2)cc1. The van der Waals surface area contributed by atoms with E-state index >= 15 is 0 Å². The van der Waals surface area contributed by atoms with Crippen LogP contribution in [0.5, 0.6) is 0 Å². The summed E-state index contributed by atoms with van der Waals surface area (Å²) < 4.78 is 9.01. The van der Waals surface area contributed by atoms with Gasteiger partial charge in [-0.3, -0.25) is 4.57 Å². The lowest BCUT2D eigenvalue weighted by molar-refractivity contribution is 0.663. The molecular formula is C40H23N3O. The van der Waals surface area contributed by atoms with Gasteiger partial charge in [0.05, 0.1) is 11.0 Å². The quantitative estimate of drug-likeness (QED) is 0.211. The van der Waals surface area contributed by atoms with Crippen molar-refractivity contribution in [1.29, 1.82) is 0 Å². The van der Waals surface area contributed by atoms with E-state index in [0.717, 1.165) is 49.7 Å². The van der Waals surface area contributed by atoms with Crippen molar-refractivity contribution in [2.45, 2.75) is 0 Å². The topological polar surface area (TPSA) is 43.9 Å². The van der Waals surface area contributed by atoms with Gasteiger partial charge in [-0.05, 0) is 56.6 Å². The number of hydrogen-bond donors (Lipinski definition) is 0. The molecule has 3 aromatic heterocycles. The van der Waals surface area contributed by atoms with Crippen molar-refractivity contribution in [3.8, 4) is 17.2 Å². The van der Waals surface area contributed by atoms with E-state index < -0.39 is 0 Å². The molecule has 0 fully saturated rings. The van der Waals surface area contributed by atoms with E-state index in [1.165, 1.54) is 32.3 Å². The zero-order valence-corrected chi connectivity index (χ0v) is 23.5. The summed E-state index contributed by atoms with van der Waals surface area (Å²) in [6.07, 6.45) is 0. The molecule has 10 rings (SSSR count). The molecule has 0 radical (unpaired) electrons. The Morgan fingerprint density at radius 1 is 0.477 bits per heavy atom. The fourth-order valence-electron chi connectivity index (χ4n) is 6.96. The van der Waals surface area contributed by atoms with Crippen LogP contribution in [0.4, 0.5) is 0 Å². The fourth-order valence-corrected chi connectivity index (χ4v) is 6.96. The van der Waals surface area contributed by atoms with Gasteiger partial charge in [-0.1, -0.05) is 115 Å². The van der Waals surface area contributed by atoms with Crippen LogP contribution in [-0.2, 0) is 0 Å². The lowest BCUT2D eigenvalue weighted by Crippen LogP contribution is -2.01. The first-order valence-electron chi connectivity index (χ1n) is 14.8. The minimum absolute atomic E-state index is 0.667. The monoisotopic (exact) mass is 561 g/mol. The predicted octanol–water partition coefficient (Wildman–Crippen LogP) is 10.6. The highest BCUT2D eigenvalue weighted by Crippen LogP contribution is 2.43. The number of rotatable bonds is 2. The van der Waals surface area contributed by atoms with Crippen molar-refractivity contribution in [3.05, 3.63) is 140 Å². The van der Waals surface area contributed by atoms with Crippen LogP contribution in [0.2, 0.25) is 0 Å². The number of furan rings is 1. The second-order valence-electron chi connectivity index (χ2n) is 11.4. The summed E-state index contributed by atoms with van der Waals surface area (Å²) in [7, 11) is 0. The average molecular weight is 562 g/mol. The largest absolute Gasteiger partial charge is 0.450 e. The number of aromatic nitrogens is 3. The molecule has 0 aliphatic rings. The second-order valence-corrected chi connectivity index (χ2v) is 11.4. The van der Waals surface area contributed by atoms with Crippen molar-refractivity contribution in [2.75, 3.05) is 0 Å². The second kappa shape index (κ2) is 8.76. The number of benzene rings is 7. The highest BCUT2D eigenvalue weighted by molar-refractivity contribution is 6.28. The molecule has 44 heavy (non-hydrogen) atoms. The molecule has 0 amide bonds. The number of nitrogens with zero attached hydrogens (tertiary/aromatic N) is 3. The molecule has 204 valence electrons. The Labute approximate surface area is 251 Å². The molecule has 0 saturated carbocycles. The number of hydrogen-bond acceptors (Lipinski definition) is 3. The molecule has 0 aliphatic heterocycles. The smallest absolute Gasteiger partial charge is 0.197 e. The molecule has 0 unspecified atom stereocenters. The zero-order valence-electron chi connectivity index (χ0n) is 23.5. The minimum Gasteiger partial charge on any atom is -0.450 e. The van der Waals surface area contributed by atoms with Crippen LogP contribution in [0.1, 0.15) is 0 Å². The standard InChI is InChI=1S/C40H23N3O/c1-2-12-26(13-3-1)39-41-37-31-22-27-14-4-5-15-28(27)23-34(31)44-38(37)40(42-39)43-32-20-18-24-10-6-8-16-29(24)35(32)36-30-17-9-7-11-25(30)19-21-33(36)43/h1-23H. The van der Waals surface area contributed by atoms with Gasteiger partial charge in [0.2, 0.25) is 0 Å². The molecular weight excluding hydrogens is 538 g/mol. The van der Waals surface area contributed by atoms with Gasteiger partial charge in [-0.2, -0.15) is 0 Å². The molecule has 0 aliphatic carbocycles. The van der Waals surface area contributed by atoms with E-state index in [-0.39, 0.29) is 0 Å². The Bertz CT molecular complexity index is 2680. The molecule has 4 heteroatoms. The molecule has 0 N–H and O–H groups in total. The van der Waals surface area contributed by atoms with Crippen LogP contribution < -0.4 is 0 Å². The van der Waals surface area contributed by atoms with Crippen molar-refractivity contribution in [2.24, 2.45) is 0 Å². The minimum atomic E-state index is 0.667. The first kappa shape index (κ1) is 23.6. The van der Waals surface area contributed by atoms with E-state index in [1.807, 2.05) is 18.2 Å². The maximum Gasteiger partial charge on any atom is 0.197 e. The predicted molar refractivity (Wildman–Crippen MR) is 182 cm³/mol. The Kier molecular flexibility index (Phi) is 4.69. The molecule has 0 spiro atoms. The van der Waals surface area contributed by atoms with E-state index in [0.29, 0.717) is 11.4 Å². The highest BCUT2D eigenvalue weighted by atomic mass is 16.3. The molecule has 0 saturated heterocycles. The summed E-state index contributed by atoms with van der Waals surface area (Å²) in [5.41, 5.74) is 5.42. The maximum atomic E-state index is 6.73. The third kappa shape index (κ3) is 3.22. The van der Waals surface area contributed by atoms with Crippen molar-refractivity contribution in [1.82, 2.24) is 14.5 Å². The molecule has 7 aromatic carbocycles. The van der Waals surface area contributed by atoms with Crippen LogP contribution in [0, 0.1) is 0 Å². The summed E-state index contributed by atoms with van der Waals surface area (Å²) in [5, 5.41) is 10.5. The van der Waals surface area contributed by atoms with Gasteiger partial charge in [0, 0.05) is 21.7 Å². The molecule has 0 atom stereocenters. The van der Waals surface area contributed by atoms with E-state index in [1.54, 1.807) is 0 Å². The molecule has 10 aromatic rings. The van der Waals surface area contributed by atoms with Crippen LogP contribution >= 0.6 is 0 Å². The Morgan fingerprint density at radius 3 is 1.70 bits per heavy atom. The van der Waals surface area contributed by atoms with Crippen molar-refractivity contribution >= 4 is 76.2 Å². The maximum absolute atomic E-state index is 6.73. The van der Waals surface area contributed by atoms with Crippen LogP contribution in [0.15, 0.2) is 144 Å². The third-order valence-electron chi connectivity index (χ3n) is 8.95. The zero-order chi connectivity index (χ0) is 28.8. The fraction of sp³-hybridized carbons (Fsp3) is 0.